The van der Waals surface area contributed by atoms with Gasteiger partial charge in [-0.3, -0.25) is 0 Å². The number of rotatable bonds is 6. The van der Waals surface area contributed by atoms with Crippen LogP contribution in [0.2, 0.25) is 0 Å². The third-order valence-electron chi connectivity index (χ3n) is 3.41. The molecule has 0 saturated carbocycles. The standard InChI is InChI=1S/C19H17NO3S/c1-22-19(21)18-11-10-17(24-18)16-9-5-8-15(20-16)13-23-12-14-6-3-2-4-7-14/h2-11H,12-13H2,1H3. The van der Waals surface area contributed by atoms with Crippen molar-refractivity contribution in [3.63, 3.8) is 0 Å². The maximum atomic E-state index is 11.5. The number of esters is 1. The number of hydrogen-bond donors (Lipinski definition) is 0. The van der Waals surface area contributed by atoms with Crippen LogP contribution in [0.5, 0.6) is 0 Å². The van der Waals surface area contributed by atoms with Gasteiger partial charge in [0.2, 0.25) is 0 Å². The molecule has 0 bridgehead atoms. The van der Waals surface area contributed by atoms with Crippen molar-refractivity contribution >= 4 is 17.3 Å². The Labute approximate surface area is 144 Å². The summed E-state index contributed by atoms with van der Waals surface area (Å²) in [5, 5.41) is 0. The first-order chi connectivity index (χ1) is 11.8. The van der Waals surface area contributed by atoms with Crippen LogP contribution < -0.4 is 0 Å². The summed E-state index contributed by atoms with van der Waals surface area (Å²) in [5.41, 5.74) is 2.82. The van der Waals surface area contributed by atoms with Crippen LogP contribution >= 0.6 is 11.3 Å². The van der Waals surface area contributed by atoms with E-state index in [1.165, 1.54) is 18.4 Å². The van der Waals surface area contributed by atoms with Crippen molar-refractivity contribution in [3.05, 3.63) is 76.8 Å². The third kappa shape index (κ3) is 4.07. The predicted octanol–water partition coefficient (Wildman–Crippen LogP) is 4.31. The van der Waals surface area contributed by atoms with Crippen molar-refractivity contribution in [3.8, 4) is 10.6 Å². The minimum absolute atomic E-state index is 0.325. The van der Waals surface area contributed by atoms with Crippen LogP contribution in [-0.4, -0.2) is 18.1 Å². The molecular formula is C19H17NO3S. The lowest BCUT2D eigenvalue weighted by Crippen LogP contribution is -1.97. The fourth-order valence-corrected chi connectivity index (χ4v) is 3.12. The summed E-state index contributed by atoms with van der Waals surface area (Å²) in [7, 11) is 1.38. The van der Waals surface area contributed by atoms with Gasteiger partial charge in [-0.1, -0.05) is 36.4 Å². The molecule has 24 heavy (non-hydrogen) atoms. The Hall–Kier alpha value is -2.50. The number of thiophene rings is 1. The zero-order valence-corrected chi connectivity index (χ0v) is 14.1. The van der Waals surface area contributed by atoms with Gasteiger partial charge in [-0.05, 0) is 29.8 Å². The molecule has 122 valence electrons. The van der Waals surface area contributed by atoms with Gasteiger partial charge in [0.15, 0.2) is 0 Å². The van der Waals surface area contributed by atoms with Gasteiger partial charge in [0.25, 0.3) is 0 Å². The van der Waals surface area contributed by atoms with E-state index < -0.39 is 0 Å². The molecule has 3 aromatic rings. The SMILES string of the molecule is COC(=O)c1ccc(-c2cccc(COCc3ccccc3)n2)s1. The molecule has 5 heteroatoms. The predicted molar refractivity (Wildman–Crippen MR) is 93.8 cm³/mol. The molecule has 0 saturated heterocycles. The van der Waals surface area contributed by atoms with Crippen LogP contribution in [-0.2, 0) is 22.7 Å². The highest BCUT2D eigenvalue weighted by atomic mass is 32.1. The zero-order chi connectivity index (χ0) is 16.8. The van der Waals surface area contributed by atoms with E-state index in [4.69, 9.17) is 9.47 Å². The average molecular weight is 339 g/mol. The normalized spacial score (nSPS) is 10.5. The lowest BCUT2D eigenvalue weighted by molar-refractivity contribution is 0.0606. The zero-order valence-electron chi connectivity index (χ0n) is 13.3. The summed E-state index contributed by atoms with van der Waals surface area (Å²) in [6.45, 7) is 0.996. The molecule has 2 aromatic heterocycles. The van der Waals surface area contributed by atoms with Gasteiger partial charge in [-0.25, -0.2) is 9.78 Å². The average Bonchev–Trinajstić information content (AvgIpc) is 3.12. The van der Waals surface area contributed by atoms with E-state index in [1.807, 2.05) is 54.6 Å². The Morgan fingerprint density at radius 3 is 2.62 bits per heavy atom. The van der Waals surface area contributed by atoms with Crippen molar-refractivity contribution in [2.45, 2.75) is 13.2 Å². The van der Waals surface area contributed by atoms with Gasteiger partial charge in [-0.2, -0.15) is 0 Å². The number of nitrogens with zero attached hydrogens (tertiary/aromatic N) is 1. The molecule has 0 aliphatic carbocycles. The fourth-order valence-electron chi connectivity index (χ4n) is 2.23. The van der Waals surface area contributed by atoms with Crippen molar-refractivity contribution < 1.29 is 14.3 Å². The second-order valence-electron chi connectivity index (χ2n) is 5.15. The fraction of sp³-hybridized carbons (Fsp3) is 0.158. The molecule has 0 fully saturated rings. The number of carbonyl (C=O) groups is 1. The first kappa shape index (κ1) is 16.4. The Bertz CT molecular complexity index is 814. The van der Waals surface area contributed by atoms with E-state index in [0.717, 1.165) is 21.8 Å². The van der Waals surface area contributed by atoms with Gasteiger partial charge >= 0.3 is 5.97 Å². The topological polar surface area (TPSA) is 48.4 Å². The quantitative estimate of drug-likeness (QED) is 0.628. The summed E-state index contributed by atoms with van der Waals surface area (Å²) in [6, 6.07) is 19.5. The van der Waals surface area contributed by atoms with Crippen molar-refractivity contribution in [1.29, 1.82) is 0 Å². The van der Waals surface area contributed by atoms with E-state index in [9.17, 15) is 4.79 Å². The van der Waals surface area contributed by atoms with Gasteiger partial charge < -0.3 is 9.47 Å². The summed E-state index contributed by atoms with van der Waals surface area (Å²) in [5.74, 6) is -0.325. The molecule has 2 heterocycles. The molecule has 0 N–H and O–H groups in total. The Balaban J connectivity index is 1.65. The molecule has 0 spiro atoms. The Morgan fingerprint density at radius 2 is 1.83 bits per heavy atom. The molecule has 1 aromatic carbocycles. The van der Waals surface area contributed by atoms with Crippen LogP contribution in [0.1, 0.15) is 20.9 Å². The first-order valence-electron chi connectivity index (χ1n) is 7.52. The second-order valence-corrected chi connectivity index (χ2v) is 6.23. The number of benzene rings is 1. The number of methoxy groups -OCH3 is 1. The summed E-state index contributed by atoms with van der Waals surface area (Å²) in [6.07, 6.45) is 0. The van der Waals surface area contributed by atoms with Crippen LogP contribution in [0.25, 0.3) is 10.6 Å². The van der Waals surface area contributed by atoms with E-state index in [2.05, 4.69) is 4.98 Å². The summed E-state index contributed by atoms with van der Waals surface area (Å²) >= 11 is 1.37. The second kappa shape index (κ2) is 7.86. The van der Waals surface area contributed by atoms with Gasteiger partial charge in [0, 0.05) is 0 Å². The lowest BCUT2D eigenvalue weighted by atomic mass is 10.2. The summed E-state index contributed by atoms with van der Waals surface area (Å²) < 4.78 is 10.5. The maximum absolute atomic E-state index is 11.5. The number of ether oxygens (including phenoxy) is 2. The molecule has 0 amide bonds. The monoisotopic (exact) mass is 339 g/mol. The Kier molecular flexibility index (Phi) is 5.36. The molecular weight excluding hydrogens is 322 g/mol. The van der Waals surface area contributed by atoms with E-state index in [1.54, 1.807) is 6.07 Å². The highest BCUT2D eigenvalue weighted by Crippen LogP contribution is 2.27. The minimum atomic E-state index is -0.325. The van der Waals surface area contributed by atoms with Crippen LogP contribution in [0.3, 0.4) is 0 Å². The summed E-state index contributed by atoms with van der Waals surface area (Å²) in [4.78, 5) is 17.7. The van der Waals surface area contributed by atoms with Gasteiger partial charge in [0.05, 0.1) is 36.6 Å². The molecule has 0 radical (unpaired) electrons. The molecule has 4 nitrogen and oxygen atoms in total. The van der Waals surface area contributed by atoms with Gasteiger partial charge in [-0.15, -0.1) is 11.3 Å². The first-order valence-corrected chi connectivity index (χ1v) is 8.34. The molecule has 0 atom stereocenters. The smallest absolute Gasteiger partial charge is 0.348 e. The molecule has 0 unspecified atom stereocenters. The highest BCUT2D eigenvalue weighted by Gasteiger charge is 2.11. The molecule has 3 rings (SSSR count). The minimum Gasteiger partial charge on any atom is -0.465 e. The van der Waals surface area contributed by atoms with Crippen molar-refractivity contribution in [2.75, 3.05) is 7.11 Å². The van der Waals surface area contributed by atoms with Gasteiger partial charge in [0.1, 0.15) is 4.88 Å². The molecule has 0 aliphatic heterocycles. The third-order valence-corrected chi connectivity index (χ3v) is 4.50. The molecule has 0 aliphatic rings. The van der Waals surface area contributed by atoms with Crippen LogP contribution in [0, 0.1) is 0 Å². The van der Waals surface area contributed by atoms with E-state index >= 15 is 0 Å². The largest absolute Gasteiger partial charge is 0.465 e. The van der Waals surface area contributed by atoms with E-state index in [0.29, 0.717) is 18.1 Å². The number of carbonyl (C=O) groups excluding carboxylic acids is 1. The highest BCUT2D eigenvalue weighted by molar-refractivity contribution is 7.17. The number of pyridine rings is 1. The van der Waals surface area contributed by atoms with Crippen LogP contribution in [0.4, 0.5) is 0 Å². The van der Waals surface area contributed by atoms with Crippen molar-refractivity contribution in [2.24, 2.45) is 0 Å². The van der Waals surface area contributed by atoms with E-state index in [-0.39, 0.29) is 5.97 Å². The number of hydrogen-bond acceptors (Lipinski definition) is 5. The van der Waals surface area contributed by atoms with Crippen molar-refractivity contribution in [1.82, 2.24) is 4.98 Å². The van der Waals surface area contributed by atoms with Crippen LogP contribution in [0.15, 0.2) is 60.7 Å². The maximum Gasteiger partial charge on any atom is 0.348 e. The number of aromatic nitrogens is 1. The Morgan fingerprint density at radius 1 is 1.00 bits per heavy atom. The lowest BCUT2D eigenvalue weighted by Gasteiger charge is -2.05.